The molecule has 1 rings (SSSR count). The molecular formula is C24H42O4. The van der Waals surface area contributed by atoms with Gasteiger partial charge in [0.25, 0.3) is 0 Å². The molecule has 0 bridgehead atoms. The zero-order chi connectivity index (χ0) is 20.6. The summed E-state index contributed by atoms with van der Waals surface area (Å²) in [6.45, 7) is 6.54. The summed E-state index contributed by atoms with van der Waals surface area (Å²) in [6.07, 6.45) is 15.7. The Morgan fingerprint density at radius 3 is 1.82 bits per heavy atom. The standard InChI is InChI=1S/C24H42O4/c1-4-7-8-9-10-11-12-16-19-21(23(25)27-5-2)22(24(26)28-6-3)20-17-14-13-15-18-20/h20H,4-19H2,1-3H3. The van der Waals surface area contributed by atoms with Crippen molar-refractivity contribution in [3.05, 3.63) is 11.1 Å². The summed E-state index contributed by atoms with van der Waals surface area (Å²) in [5.74, 6) is -0.489. The average Bonchev–Trinajstić information content (AvgIpc) is 2.70. The van der Waals surface area contributed by atoms with Crippen LogP contribution >= 0.6 is 0 Å². The molecule has 0 unspecified atom stereocenters. The van der Waals surface area contributed by atoms with E-state index in [1.54, 1.807) is 0 Å². The zero-order valence-electron chi connectivity index (χ0n) is 18.5. The lowest BCUT2D eigenvalue weighted by Gasteiger charge is -2.25. The average molecular weight is 395 g/mol. The van der Waals surface area contributed by atoms with Gasteiger partial charge in [-0.3, -0.25) is 0 Å². The number of rotatable bonds is 14. The Morgan fingerprint density at radius 2 is 1.25 bits per heavy atom. The molecule has 0 heterocycles. The van der Waals surface area contributed by atoms with Crippen LogP contribution in [0.25, 0.3) is 0 Å². The van der Waals surface area contributed by atoms with Gasteiger partial charge in [-0.25, -0.2) is 9.59 Å². The van der Waals surface area contributed by atoms with Gasteiger partial charge in [-0.1, -0.05) is 71.1 Å². The van der Waals surface area contributed by atoms with Crippen molar-refractivity contribution < 1.29 is 19.1 Å². The first kappa shape index (κ1) is 24.7. The number of hydrogen-bond donors (Lipinski definition) is 0. The molecule has 0 radical (unpaired) electrons. The summed E-state index contributed by atoms with van der Waals surface area (Å²) in [7, 11) is 0. The van der Waals surface area contributed by atoms with E-state index in [-0.39, 0.29) is 17.9 Å². The van der Waals surface area contributed by atoms with Crippen LogP contribution in [0, 0.1) is 5.92 Å². The number of unbranched alkanes of at least 4 members (excludes halogenated alkanes) is 7. The van der Waals surface area contributed by atoms with E-state index >= 15 is 0 Å². The molecule has 0 aromatic heterocycles. The molecule has 1 aliphatic carbocycles. The zero-order valence-corrected chi connectivity index (χ0v) is 18.5. The van der Waals surface area contributed by atoms with Crippen LogP contribution in [-0.4, -0.2) is 25.2 Å². The van der Waals surface area contributed by atoms with Gasteiger partial charge in [0.15, 0.2) is 0 Å². The Morgan fingerprint density at radius 1 is 0.714 bits per heavy atom. The highest BCUT2D eigenvalue weighted by Gasteiger charge is 2.30. The highest BCUT2D eigenvalue weighted by Crippen LogP contribution is 2.34. The van der Waals surface area contributed by atoms with Crippen molar-refractivity contribution in [1.29, 1.82) is 0 Å². The third-order valence-electron chi connectivity index (χ3n) is 5.64. The second-order valence-corrected chi connectivity index (χ2v) is 7.89. The second-order valence-electron chi connectivity index (χ2n) is 7.89. The summed E-state index contributed by atoms with van der Waals surface area (Å²) in [6, 6.07) is 0. The van der Waals surface area contributed by atoms with Crippen molar-refractivity contribution in [2.24, 2.45) is 5.92 Å². The van der Waals surface area contributed by atoms with E-state index in [9.17, 15) is 9.59 Å². The lowest BCUT2D eigenvalue weighted by Crippen LogP contribution is -2.24. The summed E-state index contributed by atoms with van der Waals surface area (Å²) in [4.78, 5) is 25.4. The molecule has 1 aliphatic rings. The fourth-order valence-electron chi connectivity index (χ4n) is 4.14. The molecule has 0 spiro atoms. The fraction of sp³-hybridized carbons (Fsp3) is 0.833. The molecule has 28 heavy (non-hydrogen) atoms. The highest BCUT2D eigenvalue weighted by molar-refractivity contribution is 6.00. The third-order valence-corrected chi connectivity index (χ3v) is 5.64. The lowest BCUT2D eigenvalue weighted by atomic mass is 9.80. The van der Waals surface area contributed by atoms with Gasteiger partial charge in [-0.2, -0.15) is 0 Å². The van der Waals surface area contributed by atoms with Crippen LogP contribution in [-0.2, 0) is 19.1 Å². The molecule has 1 fully saturated rings. The quantitative estimate of drug-likeness (QED) is 0.191. The largest absolute Gasteiger partial charge is 0.463 e. The molecule has 0 atom stereocenters. The number of carbonyl (C=O) groups is 2. The molecule has 4 heteroatoms. The van der Waals surface area contributed by atoms with Gasteiger partial charge < -0.3 is 9.47 Å². The Balaban J connectivity index is 2.80. The minimum absolute atomic E-state index is 0.140. The van der Waals surface area contributed by atoms with Crippen molar-refractivity contribution >= 4 is 11.9 Å². The van der Waals surface area contributed by atoms with Gasteiger partial charge in [0.1, 0.15) is 0 Å². The van der Waals surface area contributed by atoms with Crippen molar-refractivity contribution in [3.63, 3.8) is 0 Å². The molecule has 0 aromatic carbocycles. The molecule has 0 saturated heterocycles. The van der Waals surface area contributed by atoms with Crippen LogP contribution in [0.4, 0.5) is 0 Å². The maximum absolute atomic E-state index is 12.7. The third kappa shape index (κ3) is 9.25. The summed E-state index contributed by atoms with van der Waals surface area (Å²) in [5.41, 5.74) is 1.20. The summed E-state index contributed by atoms with van der Waals surface area (Å²) in [5, 5.41) is 0. The van der Waals surface area contributed by atoms with Gasteiger partial charge in [-0.05, 0) is 45.4 Å². The maximum atomic E-state index is 12.7. The smallest absolute Gasteiger partial charge is 0.334 e. The Hall–Kier alpha value is -1.32. The molecule has 0 N–H and O–H groups in total. The van der Waals surface area contributed by atoms with Gasteiger partial charge in [-0.15, -0.1) is 0 Å². The van der Waals surface area contributed by atoms with Gasteiger partial charge >= 0.3 is 11.9 Å². The fourth-order valence-corrected chi connectivity index (χ4v) is 4.14. The maximum Gasteiger partial charge on any atom is 0.334 e. The number of carbonyl (C=O) groups excluding carboxylic acids is 2. The van der Waals surface area contributed by atoms with Crippen LogP contribution in [0.5, 0.6) is 0 Å². The minimum Gasteiger partial charge on any atom is -0.463 e. The topological polar surface area (TPSA) is 52.6 Å². The molecule has 4 nitrogen and oxygen atoms in total. The summed E-state index contributed by atoms with van der Waals surface area (Å²) < 4.78 is 10.7. The lowest BCUT2D eigenvalue weighted by molar-refractivity contribution is -0.142. The van der Waals surface area contributed by atoms with E-state index < -0.39 is 0 Å². The van der Waals surface area contributed by atoms with Crippen molar-refractivity contribution in [2.45, 2.75) is 111 Å². The SMILES string of the molecule is CCCCCCCCCCC(C(=O)OCC)=C(C(=O)OCC)C1CCCCC1. The molecule has 162 valence electrons. The molecule has 0 aliphatic heterocycles. The number of hydrogen-bond acceptors (Lipinski definition) is 4. The Kier molecular flexibility index (Phi) is 13.8. The van der Waals surface area contributed by atoms with E-state index in [0.29, 0.717) is 30.8 Å². The molecule has 0 amide bonds. The van der Waals surface area contributed by atoms with Gasteiger partial charge in [0.05, 0.1) is 18.8 Å². The van der Waals surface area contributed by atoms with Crippen molar-refractivity contribution in [3.8, 4) is 0 Å². The molecule has 1 saturated carbocycles. The van der Waals surface area contributed by atoms with E-state index in [4.69, 9.17) is 9.47 Å². The first-order valence-corrected chi connectivity index (χ1v) is 11.7. The second kappa shape index (κ2) is 15.6. The van der Waals surface area contributed by atoms with Crippen LogP contribution in [0.1, 0.15) is 111 Å². The normalized spacial score (nSPS) is 15.8. The first-order valence-electron chi connectivity index (χ1n) is 11.7. The van der Waals surface area contributed by atoms with E-state index in [1.165, 1.54) is 44.9 Å². The van der Waals surface area contributed by atoms with Crippen LogP contribution in [0.3, 0.4) is 0 Å². The predicted molar refractivity (Wildman–Crippen MR) is 114 cm³/mol. The van der Waals surface area contributed by atoms with Gasteiger partial charge in [0, 0.05) is 5.57 Å². The van der Waals surface area contributed by atoms with E-state index in [2.05, 4.69) is 6.92 Å². The summed E-state index contributed by atoms with van der Waals surface area (Å²) >= 11 is 0. The van der Waals surface area contributed by atoms with Crippen molar-refractivity contribution in [1.82, 2.24) is 0 Å². The number of esters is 2. The van der Waals surface area contributed by atoms with Gasteiger partial charge in [0.2, 0.25) is 0 Å². The molecule has 0 aromatic rings. The van der Waals surface area contributed by atoms with Crippen LogP contribution in [0.2, 0.25) is 0 Å². The monoisotopic (exact) mass is 394 g/mol. The van der Waals surface area contributed by atoms with Crippen LogP contribution < -0.4 is 0 Å². The van der Waals surface area contributed by atoms with E-state index in [0.717, 1.165) is 38.5 Å². The predicted octanol–water partition coefficient (Wildman–Crippen LogP) is 6.52. The molecular weight excluding hydrogens is 352 g/mol. The Labute approximate surface area is 172 Å². The minimum atomic E-state index is -0.320. The van der Waals surface area contributed by atoms with Crippen LogP contribution in [0.15, 0.2) is 11.1 Å². The van der Waals surface area contributed by atoms with E-state index in [1.807, 2.05) is 13.8 Å². The number of ether oxygens (including phenoxy) is 2. The van der Waals surface area contributed by atoms with Crippen molar-refractivity contribution in [2.75, 3.05) is 13.2 Å². The first-order chi connectivity index (χ1) is 13.7. The highest BCUT2D eigenvalue weighted by atomic mass is 16.5. The Bertz CT molecular complexity index is 475.